The fourth-order valence-corrected chi connectivity index (χ4v) is 16.0. The Kier molecular flexibility index (Phi) is 25.5. The standard InChI is InChI=1S/C108H54F28O2/c1-59-3-21-69(22-4-59)89-90(94(74-27-17-63(18-28-74)7-11-67-52-84(104(122,123)124)57-85(53-67)105(125,126)127)97(137)93(89)73-25-15-62(16-26-73)6-10-66-50-82(102(116,117)118)56-83(51-66)103(119,120)121)70-31-37-77(38-32-70)99(108(134,135)136,79-43-45-88(109)46-44-79)78-39-33-71(34-40-78)91-92(72-35-41-80(42-36-72)100(110,111)112)96(76-29-19-64(20-30-76)8-12-68-54-86(106(128,129)130)58-87(55-68)107(131,132)133)98(138)95(91)75-23-13-61(14-24-75)5-9-65-47-60(2)48-81(49-65)101(113,114)115/h3-4,13-58H,1-2H3. The second-order valence-electron chi connectivity index (χ2n) is 31.8. The first-order valence-electron chi connectivity index (χ1n) is 40.5. The molecule has 694 valence electrons. The number of hydrogen-bond acceptors (Lipinski definition) is 2. The molecule has 0 radical (unpaired) electrons. The third-order valence-electron chi connectivity index (χ3n) is 22.4. The number of carbonyl (C=O) groups is 2. The Labute approximate surface area is 765 Å². The molecule has 0 aliphatic heterocycles. The molecule has 30 heteroatoms. The van der Waals surface area contributed by atoms with E-state index in [0.717, 1.165) is 84.9 Å². The van der Waals surface area contributed by atoms with Crippen LogP contribution in [0.15, 0.2) is 291 Å². The summed E-state index contributed by atoms with van der Waals surface area (Å²) in [6.07, 6.45) is -46.9. The van der Waals surface area contributed by atoms with Crippen LogP contribution in [-0.4, -0.2) is 17.7 Å². The molecule has 2 aliphatic carbocycles. The van der Waals surface area contributed by atoms with Crippen LogP contribution in [0.4, 0.5) is 123 Å². The summed E-state index contributed by atoms with van der Waals surface area (Å²) in [5.41, 5.74) is -20.6. The minimum atomic E-state index is -5.55. The van der Waals surface area contributed by atoms with E-state index >= 15 is 27.2 Å². The number of rotatable bonds is 11. The summed E-state index contributed by atoms with van der Waals surface area (Å²) >= 11 is 0. The maximum Gasteiger partial charge on any atom is 0.416 e. The van der Waals surface area contributed by atoms with E-state index in [4.69, 9.17) is 0 Å². The van der Waals surface area contributed by atoms with Crippen LogP contribution in [-0.2, 0) is 64.4 Å². The van der Waals surface area contributed by atoms with Crippen LogP contribution < -0.4 is 0 Å². The van der Waals surface area contributed by atoms with Crippen molar-refractivity contribution >= 4 is 56.2 Å². The van der Waals surface area contributed by atoms with Gasteiger partial charge in [-0.25, -0.2) is 4.39 Å². The van der Waals surface area contributed by atoms with E-state index in [-0.39, 0.29) is 141 Å². The van der Waals surface area contributed by atoms with Gasteiger partial charge in [0.25, 0.3) is 0 Å². The Morgan fingerprint density at radius 1 is 0.174 bits per heavy atom. The van der Waals surface area contributed by atoms with E-state index in [0.29, 0.717) is 54.1 Å². The summed E-state index contributed by atoms with van der Waals surface area (Å²) in [5.74, 6) is 17.0. The molecule has 0 fully saturated rings. The van der Waals surface area contributed by atoms with Crippen molar-refractivity contribution in [1.29, 1.82) is 0 Å². The zero-order chi connectivity index (χ0) is 99.7. The second-order valence-corrected chi connectivity index (χ2v) is 31.8. The third-order valence-corrected chi connectivity index (χ3v) is 22.4. The zero-order valence-corrected chi connectivity index (χ0v) is 70.1. The highest BCUT2D eigenvalue weighted by atomic mass is 19.4. The monoisotopic (exact) mass is 1910 g/mol. The van der Waals surface area contributed by atoms with Crippen molar-refractivity contribution in [3.8, 4) is 47.4 Å². The highest BCUT2D eigenvalue weighted by molar-refractivity contribution is 6.60. The summed E-state index contributed by atoms with van der Waals surface area (Å²) in [7, 11) is 0. The lowest BCUT2D eigenvalue weighted by Gasteiger charge is -2.38. The van der Waals surface area contributed by atoms with E-state index in [9.17, 15) is 105 Å². The van der Waals surface area contributed by atoms with Gasteiger partial charge >= 0.3 is 55.6 Å². The Morgan fingerprint density at radius 2 is 0.355 bits per heavy atom. The van der Waals surface area contributed by atoms with Crippen LogP contribution in [0.5, 0.6) is 0 Å². The van der Waals surface area contributed by atoms with Gasteiger partial charge in [-0.3, -0.25) is 9.59 Å². The topological polar surface area (TPSA) is 34.1 Å². The van der Waals surface area contributed by atoms with Gasteiger partial charge in [-0.1, -0.05) is 199 Å². The highest BCUT2D eigenvalue weighted by Crippen LogP contribution is 2.57. The summed E-state index contributed by atoms with van der Waals surface area (Å²) in [5, 5.41) is 0. The molecule has 2 nitrogen and oxygen atoms in total. The fraction of sp³-hybridized carbons (Fsp3) is 0.111. The first-order chi connectivity index (χ1) is 64.6. The minimum Gasteiger partial charge on any atom is -0.289 e. The van der Waals surface area contributed by atoms with Gasteiger partial charge < -0.3 is 0 Å². The average molecular weight is 1920 g/mol. The maximum atomic E-state index is 17.7. The molecule has 138 heavy (non-hydrogen) atoms. The maximum absolute atomic E-state index is 17.7. The second kappa shape index (κ2) is 36.3. The van der Waals surface area contributed by atoms with E-state index in [2.05, 4.69) is 47.4 Å². The minimum absolute atomic E-state index is 0.00528. The molecule has 2 aliphatic rings. The molecule has 13 aromatic carbocycles. The van der Waals surface area contributed by atoms with Crippen molar-refractivity contribution in [3.05, 3.63) is 458 Å². The van der Waals surface area contributed by atoms with Crippen molar-refractivity contribution in [3.63, 3.8) is 0 Å². The molecular weight excluding hydrogens is 1860 g/mol. The number of Topliss-reactive ketones (excluding diaryl/α,β-unsaturated/α-hetero) is 2. The number of aryl methyl sites for hydroxylation is 2. The normalized spacial score (nSPS) is 14.0. The van der Waals surface area contributed by atoms with Crippen LogP contribution in [0.2, 0.25) is 0 Å². The lowest BCUT2D eigenvalue weighted by molar-refractivity contribution is -0.166. The number of allylic oxidation sites excluding steroid dienone is 8. The van der Waals surface area contributed by atoms with Gasteiger partial charge in [0.15, 0.2) is 11.6 Å². The van der Waals surface area contributed by atoms with Gasteiger partial charge in [0.05, 0.1) is 44.5 Å². The van der Waals surface area contributed by atoms with Crippen LogP contribution in [0.3, 0.4) is 0 Å². The number of carbonyl (C=O) groups excluding carboxylic acids is 2. The first kappa shape index (κ1) is 97.0. The summed E-state index contributed by atoms with van der Waals surface area (Å²) < 4.78 is 406. The first-order valence-corrected chi connectivity index (χ1v) is 40.5. The summed E-state index contributed by atoms with van der Waals surface area (Å²) in [6, 6.07) is 47.0. The predicted octanol–water partition coefficient (Wildman–Crippen LogP) is 30.3. The molecule has 0 heterocycles. The van der Waals surface area contributed by atoms with Crippen LogP contribution in [0.1, 0.15) is 161 Å². The molecule has 1 unspecified atom stereocenters. The van der Waals surface area contributed by atoms with Crippen LogP contribution >= 0.6 is 0 Å². The average Bonchev–Trinajstić information content (AvgIpc) is 1.37. The molecule has 0 bridgehead atoms. The van der Waals surface area contributed by atoms with Gasteiger partial charge in [0, 0.05) is 89.1 Å². The van der Waals surface area contributed by atoms with E-state index in [1.807, 2.05) is 0 Å². The van der Waals surface area contributed by atoms with Crippen molar-refractivity contribution in [2.24, 2.45) is 0 Å². The van der Waals surface area contributed by atoms with E-state index in [1.165, 1.54) is 122 Å². The van der Waals surface area contributed by atoms with Crippen molar-refractivity contribution in [2.45, 2.75) is 74.8 Å². The Hall–Kier alpha value is -15.6. The Balaban J connectivity index is 0.907. The third kappa shape index (κ3) is 20.5. The van der Waals surface area contributed by atoms with Crippen molar-refractivity contribution < 1.29 is 133 Å². The number of benzene rings is 13. The van der Waals surface area contributed by atoms with Gasteiger partial charge in [-0.2, -0.15) is 119 Å². The number of ketones is 2. The smallest absolute Gasteiger partial charge is 0.289 e. The zero-order valence-electron chi connectivity index (χ0n) is 70.1. The fourth-order valence-electron chi connectivity index (χ4n) is 16.0. The van der Waals surface area contributed by atoms with Gasteiger partial charge in [0.2, 0.25) is 0 Å². The highest BCUT2D eigenvalue weighted by Gasteiger charge is 2.59. The lowest BCUT2D eigenvalue weighted by Crippen LogP contribution is -2.44. The predicted molar refractivity (Wildman–Crippen MR) is 460 cm³/mol. The van der Waals surface area contributed by atoms with Gasteiger partial charge in [-0.15, -0.1) is 0 Å². The molecular formula is C108H54F28O2. The van der Waals surface area contributed by atoms with Crippen molar-refractivity contribution in [1.82, 2.24) is 0 Å². The molecule has 0 saturated heterocycles. The number of halogens is 28. The molecule has 0 saturated carbocycles. The molecule has 1 atom stereocenters. The quantitative estimate of drug-likeness (QED) is 0.0735. The largest absolute Gasteiger partial charge is 0.416 e. The molecule has 13 aromatic rings. The van der Waals surface area contributed by atoms with E-state index in [1.54, 1.807) is 31.2 Å². The molecule has 0 aromatic heterocycles. The van der Waals surface area contributed by atoms with Crippen LogP contribution in [0, 0.1) is 67.0 Å². The molecule has 0 N–H and O–H groups in total. The Morgan fingerprint density at radius 3 is 0.580 bits per heavy atom. The SMILES string of the molecule is Cc1ccc(C2=C(c3ccc(C#Cc4cc(C(F)(F)F)cc(C(F)(F)F)c4)cc3)C(=O)C(c3ccc(C#Cc4cc(C(F)(F)F)cc(C(F)(F)F)c4)cc3)=C2c2ccc(C(c3ccc(F)cc3)(c3ccc(C4=C(c5ccc(C#Cc6cc(C)cc(C(F)(F)F)c6)cc5)C(=O)C(c5ccc(C#Cc6cc(C(F)(F)F)cc(C(F)(F)F)c6)cc5)=C4c4ccc(C(F)(F)F)cc4)cc3)C(F)(F)F)cc2)cc1. The van der Waals surface area contributed by atoms with Gasteiger partial charge in [-0.05, 0) is 226 Å². The lowest BCUT2D eigenvalue weighted by atomic mass is 9.68. The number of alkyl halides is 27. The number of hydrogen-bond donors (Lipinski definition) is 0. The molecule has 0 spiro atoms. The van der Waals surface area contributed by atoms with E-state index < -0.39 is 156 Å². The van der Waals surface area contributed by atoms with Crippen LogP contribution in [0.25, 0.3) is 44.6 Å². The summed E-state index contributed by atoms with van der Waals surface area (Å²) in [4.78, 5) is 32.0. The van der Waals surface area contributed by atoms with Gasteiger partial charge in [0.1, 0.15) is 11.2 Å². The Bertz CT molecular complexity index is 7330. The molecule has 0 amide bonds. The molecule has 15 rings (SSSR count). The van der Waals surface area contributed by atoms with Crippen molar-refractivity contribution in [2.75, 3.05) is 0 Å². The summed E-state index contributed by atoms with van der Waals surface area (Å²) in [6.45, 7) is 3.10.